The average Bonchev–Trinajstić information content (AvgIpc) is 3.22. The zero-order valence-electron chi connectivity index (χ0n) is 15.7. The first-order chi connectivity index (χ1) is 14.1. The number of hydrogen-bond donors (Lipinski definition) is 0. The molecule has 0 aliphatic carbocycles. The van der Waals surface area contributed by atoms with Crippen LogP contribution in [0.2, 0.25) is 5.02 Å². The van der Waals surface area contributed by atoms with Crippen LogP contribution in [0.15, 0.2) is 70.1 Å². The van der Waals surface area contributed by atoms with E-state index in [0.29, 0.717) is 28.8 Å². The van der Waals surface area contributed by atoms with Gasteiger partial charge in [-0.25, -0.2) is 4.98 Å². The second-order valence-electron chi connectivity index (χ2n) is 6.68. The molecule has 6 nitrogen and oxygen atoms in total. The van der Waals surface area contributed by atoms with Crippen LogP contribution in [0.1, 0.15) is 16.3 Å². The zero-order chi connectivity index (χ0) is 20.2. The molecule has 3 heterocycles. The first-order valence-corrected chi connectivity index (χ1v) is 11.0. The van der Waals surface area contributed by atoms with Crippen LogP contribution in [0.25, 0.3) is 0 Å². The van der Waals surface area contributed by atoms with Gasteiger partial charge < -0.3 is 14.2 Å². The Morgan fingerprint density at radius 3 is 2.62 bits per heavy atom. The van der Waals surface area contributed by atoms with Gasteiger partial charge in [-0.1, -0.05) is 23.7 Å². The molecule has 0 radical (unpaired) electrons. The van der Waals surface area contributed by atoms with Gasteiger partial charge in [0.15, 0.2) is 5.76 Å². The summed E-state index contributed by atoms with van der Waals surface area (Å²) in [6.07, 6.45) is 1.77. The second kappa shape index (κ2) is 8.80. The second-order valence-corrected chi connectivity index (χ2v) is 8.57. The van der Waals surface area contributed by atoms with Gasteiger partial charge in [0.2, 0.25) is 0 Å². The van der Waals surface area contributed by atoms with Crippen LogP contribution in [-0.4, -0.2) is 46.2 Å². The number of pyridine rings is 1. The van der Waals surface area contributed by atoms with Gasteiger partial charge in [-0.2, -0.15) is 0 Å². The lowest BCUT2D eigenvalue weighted by molar-refractivity contribution is 0.0713. The standard InChI is InChI=1S/C21H20ClN3O3S/c22-16-4-3-5-18(14-16)29(27)15-17-7-8-19(28-17)21(26)25-12-10-24(11-13-25)20-6-1-2-9-23-20/h1-9,14H,10-13,15H2. The number of carbonyl (C=O) groups is 1. The van der Waals surface area contributed by atoms with E-state index < -0.39 is 10.8 Å². The van der Waals surface area contributed by atoms with Gasteiger partial charge in [0.1, 0.15) is 11.6 Å². The van der Waals surface area contributed by atoms with E-state index in [1.807, 2.05) is 18.2 Å². The fourth-order valence-electron chi connectivity index (χ4n) is 3.23. The molecule has 1 unspecified atom stereocenters. The molecular formula is C21H20ClN3O3S. The first-order valence-electron chi connectivity index (χ1n) is 9.28. The van der Waals surface area contributed by atoms with Crippen LogP contribution in [0.3, 0.4) is 0 Å². The SMILES string of the molecule is O=C(c1ccc(CS(=O)c2cccc(Cl)c2)o1)N1CCN(c2ccccn2)CC1. The molecular weight excluding hydrogens is 410 g/mol. The van der Waals surface area contributed by atoms with Crippen molar-refractivity contribution in [1.29, 1.82) is 0 Å². The number of benzene rings is 1. The van der Waals surface area contributed by atoms with Gasteiger partial charge in [-0.3, -0.25) is 9.00 Å². The van der Waals surface area contributed by atoms with Gasteiger partial charge in [-0.15, -0.1) is 0 Å². The Bertz CT molecular complexity index is 1020. The molecule has 4 rings (SSSR count). The van der Waals surface area contributed by atoms with Crippen LogP contribution < -0.4 is 4.90 Å². The number of anilines is 1. The van der Waals surface area contributed by atoms with Crippen LogP contribution >= 0.6 is 11.6 Å². The van der Waals surface area contributed by atoms with Crippen LogP contribution in [0.5, 0.6) is 0 Å². The molecule has 2 aromatic heterocycles. The fourth-order valence-corrected chi connectivity index (χ4v) is 4.55. The largest absolute Gasteiger partial charge is 0.455 e. The summed E-state index contributed by atoms with van der Waals surface area (Å²) in [5.41, 5.74) is 0. The summed E-state index contributed by atoms with van der Waals surface area (Å²) in [7, 11) is -1.29. The third kappa shape index (κ3) is 4.68. The maximum Gasteiger partial charge on any atom is 0.289 e. The Kier molecular flexibility index (Phi) is 5.97. The maximum atomic E-state index is 12.8. The van der Waals surface area contributed by atoms with Gasteiger partial charge in [0.25, 0.3) is 5.91 Å². The molecule has 0 saturated carbocycles. The molecule has 1 amide bonds. The van der Waals surface area contributed by atoms with Crippen molar-refractivity contribution in [2.75, 3.05) is 31.1 Å². The lowest BCUT2D eigenvalue weighted by Gasteiger charge is -2.34. The topological polar surface area (TPSA) is 66.7 Å². The summed E-state index contributed by atoms with van der Waals surface area (Å²) >= 11 is 5.96. The smallest absolute Gasteiger partial charge is 0.289 e. The van der Waals surface area contributed by atoms with E-state index in [1.165, 1.54) is 0 Å². The molecule has 1 aromatic carbocycles. The molecule has 1 aliphatic rings. The van der Waals surface area contributed by atoms with Gasteiger partial charge in [0.05, 0.1) is 16.6 Å². The number of carbonyl (C=O) groups excluding carboxylic acids is 1. The van der Waals surface area contributed by atoms with E-state index in [-0.39, 0.29) is 17.4 Å². The van der Waals surface area contributed by atoms with E-state index >= 15 is 0 Å². The predicted octanol–water partition coefficient (Wildman–Crippen LogP) is 3.60. The molecule has 150 valence electrons. The number of furan rings is 1. The highest BCUT2D eigenvalue weighted by atomic mass is 35.5. The lowest BCUT2D eigenvalue weighted by atomic mass is 10.2. The van der Waals surface area contributed by atoms with Gasteiger partial charge >= 0.3 is 0 Å². The summed E-state index contributed by atoms with van der Waals surface area (Å²) < 4.78 is 18.2. The number of amides is 1. The number of rotatable bonds is 5. The fraction of sp³-hybridized carbons (Fsp3) is 0.238. The highest BCUT2D eigenvalue weighted by molar-refractivity contribution is 7.84. The van der Waals surface area contributed by atoms with Gasteiger partial charge in [-0.05, 0) is 42.5 Å². The van der Waals surface area contributed by atoms with Crippen molar-refractivity contribution < 1.29 is 13.4 Å². The number of piperazine rings is 1. The van der Waals surface area contributed by atoms with Crippen molar-refractivity contribution in [3.63, 3.8) is 0 Å². The Labute approximate surface area is 176 Å². The average molecular weight is 430 g/mol. The van der Waals surface area contributed by atoms with Gasteiger partial charge in [0, 0.05) is 42.3 Å². The minimum absolute atomic E-state index is 0.148. The quantitative estimate of drug-likeness (QED) is 0.620. The number of halogens is 1. The summed E-state index contributed by atoms with van der Waals surface area (Å²) in [5.74, 6) is 1.75. The third-order valence-corrected chi connectivity index (χ3v) is 6.31. The highest BCUT2D eigenvalue weighted by Crippen LogP contribution is 2.20. The number of hydrogen-bond acceptors (Lipinski definition) is 5. The van der Waals surface area contributed by atoms with Crippen LogP contribution in [-0.2, 0) is 16.6 Å². The van der Waals surface area contributed by atoms with E-state index in [1.54, 1.807) is 47.5 Å². The lowest BCUT2D eigenvalue weighted by Crippen LogP contribution is -2.49. The monoisotopic (exact) mass is 429 g/mol. The van der Waals surface area contributed by atoms with Crippen molar-refractivity contribution in [3.8, 4) is 0 Å². The highest BCUT2D eigenvalue weighted by Gasteiger charge is 2.25. The third-order valence-electron chi connectivity index (χ3n) is 4.74. The Morgan fingerprint density at radius 2 is 1.90 bits per heavy atom. The molecule has 1 atom stereocenters. The molecule has 29 heavy (non-hydrogen) atoms. The van der Waals surface area contributed by atoms with Crippen molar-refractivity contribution in [2.24, 2.45) is 0 Å². The molecule has 0 spiro atoms. The Hall–Kier alpha value is -2.64. The Morgan fingerprint density at radius 1 is 1.07 bits per heavy atom. The van der Waals surface area contributed by atoms with E-state index in [0.717, 1.165) is 18.9 Å². The van der Waals surface area contributed by atoms with Crippen molar-refractivity contribution in [2.45, 2.75) is 10.6 Å². The molecule has 1 fully saturated rings. The van der Waals surface area contributed by atoms with Crippen molar-refractivity contribution >= 4 is 34.1 Å². The van der Waals surface area contributed by atoms with E-state index in [4.69, 9.17) is 16.0 Å². The van der Waals surface area contributed by atoms with Crippen LogP contribution in [0, 0.1) is 0 Å². The Balaban J connectivity index is 1.36. The van der Waals surface area contributed by atoms with Crippen LogP contribution in [0.4, 0.5) is 5.82 Å². The minimum Gasteiger partial charge on any atom is -0.455 e. The molecule has 8 heteroatoms. The number of nitrogens with zero attached hydrogens (tertiary/aromatic N) is 3. The summed E-state index contributed by atoms with van der Waals surface area (Å²) in [6, 6.07) is 16.1. The van der Waals surface area contributed by atoms with E-state index in [9.17, 15) is 9.00 Å². The molecule has 1 aliphatic heterocycles. The van der Waals surface area contributed by atoms with E-state index in [2.05, 4.69) is 9.88 Å². The summed E-state index contributed by atoms with van der Waals surface area (Å²) in [6.45, 7) is 2.63. The predicted molar refractivity (Wildman–Crippen MR) is 113 cm³/mol. The molecule has 0 N–H and O–H groups in total. The molecule has 1 saturated heterocycles. The van der Waals surface area contributed by atoms with Crippen molar-refractivity contribution in [1.82, 2.24) is 9.88 Å². The minimum atomic E-state index is -1.29. The van der Waals surface area contributed by atoms with Crippen molar-refractivity contribution in [3.05, 3.63) is 77.3 Å². The summed E-state index contributed by atoms with van der Waals surface area (Å²) in [5, 5.41) is 0.538. The number of aromatic nitrogens is 1. The molecule has 3 aromatic rings. The maximum absolute atomic E-state index is 12.8. The zero-order valence-corrected chi connectivity index (χ0v) is 17.2. The normalized spacial score (nSPS) is 15.3. The molecule has 0 bridgehead atoms. The summed E-state index contributed by atoms with van der Waals surface area (Å²) in [4.78, 5) is 21.7. The first kappa shape index (κ1) is 19.7.